The Hall–Kier alpha value is -3.74. The van der Waals surface area contributed by atoms with Crippen LogP contribution in [-0.2, 0) is 11.0 Å². The Kier molecular flexibility index (Phi) is 5.32. The zero-order valence-electron chi connectivity index (χ0n) is 15.4. The first-order chi connectivity index (χ1) is 13.7. The quantitative estimate of drug-likeness (QED) is 0.722. The van der Waals surface area contributed by atoms with Crippen molar-refractivity contribution in [1.82, 2.24) is 15.0 Å². The fourth-order valence-electron chi connectivity index (χ4n) is 2.69. The van der Waals surface area contributed by atoms with Gasteiger partial charge in [-0.1, -0.05) is 0 Å². The fourth-order valence-corrected chi connectivity index (χ4v) is 2.69. The van der Waals surface area contributed by atoms with Crippen molar-refractivity contribution in [2.75, 3.05) is 23.8 Å². The molecule has 0 atom stereocenters. The lowest BCUT2D eigenvalue weighted by Crippen LogP contribution is -2.32. The van der Waals surface area contributed by atoms with E-state index in [2.05, 4.69) is 20.3 Å². The van der Waals surface area contributed by atoms with Crippen LogP contribution >= 0.6 is 0 Å². The van der Waals surface area contributed by atoms with Crippen LogP contribution in [0, 0.1) is 18.3 Å². The summed E-state index contributed by atoms with van der Waals surface area (Å²) in [4.78, 5) is 25.4. The van der Waals surface area contributed by atoms with E-state index in [1.54, 1.807) is 24.4 Å². The maximum absolute atomic E-state index is 13.0. The summed E-state index contributed by atoms with van der Waals surface area (Å²) < 4.78 is 39.0. The average Bonchev–Trinajstić information content (AvgIpc) is 2.70. The number of rotatable bonds is 4. The van der Waals surface area contributed by atoms with Gasteiger partial charge in [0.25, 0.3) is 0 Å². The summed E-state index contributed by atoms with van der Waals surface area (Å²) in [6.07, 6.45) is -1.64. The molecule has 0 aliphatic rings. The maximum Gasteiger partial charge on any atom is 0.433 e. The van der Waals surface area contributed by atoms with Gasteiger partial charge >= 0.3 is 6.18 Å². The summed E-state index contributed by atoms with van der Waals surface area (Å²) in [5, 5.41) is 12.5. The van der Waals surface area contributed by atoms with Gasteiger partial charge in [-0.25, -0.2) is 15.0 Å². The predicted octanol–water partition coefficient (Wildman–Crippen LogP) is 3.30. The number of nitriles is 1. The third-order valence-electron chi connectivity index (χ3n) is 4.28. The number of amides is 1. The highest BCUT2D eigenvalue weighted by molar-refractivity contribution is 5.97. The Morgan fingerprint density at radius 1 is 1.31 bits per heavy atom. The molecule has 0 saturated carbocycles. The SMILES string of the molecule is Cc1cc(C(F)(F)F)nc(NCC(=O)N(C)c2ccc3ncncc3c2)c1C#N. The summed E-state index contributed by atoms with van der Waals surface area (Å²) in [5.74, 6) is -0.713. The number of halogens is 3. The van der Waals surface area contributed by atoms with E-state index in [4.69, 9.17) is 0 Å². The molecule has 0 aliphatic carbocycles. The molecule has 29 heavy (non-hydrogen) atoms. The summed E-state index contributed by atoms with van der Waals surface area (Å²) in [7, 11) is 1.53. The first-order valence-corrected chi connectivity index (χ1v) is 8.40. The molecule has 1 aromatic carbocycles. The second-order valence-electron chi connectivity index (χ2n) is 6.23. The number of hydrogen-bond acceptors (Lipinski definition) is 6. The number of aryl methyl sites for hydroxylation is 1. The lowest BCUT2D eigenvalue weighted by Gasteiger charge is -2.19. The summed E-state index contributed by atoms with van der Waals surface area (Å²) >= 11 is 0. The van der Waals surface area contributed by atoms with E-state index in [-0.39, 0.29) is 23.5 Å². The summed E-state index contributed by atoms with van der Waals surface area (Å²) in [5.41, 5.74) is 0.216. The highest BCUT2D eigenvalue weighted by Crippen LogP contribution is 2.31. The Bertz CT molecular complexity index is 1120. The number of hydrogen-bond donors (Lipinski definition) is 1. The van der Waals surface area contributed by atoms with Gasteiger partial charge in [0, 0.05) is 24.3 Å². The summed E-state index contributed by atoms with van der Waals surface area (Å²) in [6.45, 7) is 1.04. The highest BCUT2D eigenvalue weighted by Gasteiger charge is 2.34. The zero-order valence-corrected chi connectivity index (χ0v) is 15.4. The van der Waals surface area contributed by atoms with Crippen molar-refractivity contribution in [2.24, 2.45) is 0 Å². The van der Waals surface area contributed by atoms with Crippen molar-refractivity contribution >= 4 is 28.3 Å². The number of nitrogens with one attached hydrogen (secondary N) is 1. The molecule has 3 rings (SSSR count). The van der Waals surface area contributed by atoms with Crippen LogP contribution in [0.2, 0.25) is 0 Å². The van der Waals surface area contributed by atoms with Crippen LogP contribution in [0.5, 0.6) is 0 Å². The molecule has 10 heteroatoms. The second-order valence-corrected chi connectivity index (χ2v) is 6.23. The Morgan fingerprint density at radius 2 is 2.07 bits per heavy atom. The van der Waals surface area contributed by atoms with E-state index < -0.39 is 17.8 Å². The van der Waals surface area contributed by atoms with Crippen molar-refractivity contribution in [3.8, 4) is 6.07 Å². The molecule has 0 radical (unpaired) electrons. The van der Waals surface area contributed by atoms with Crippen molar-refractivity contribution < 1.29 is 18.0 Å². The second kappa shape index (κ2) is 7.71. The van der Waals surface area contributed by atoms with Gasteiger partial charge < -0.3 is 10.2 Å². The molecule has 0 fully saturated rings. The Labute approximate surface area is 163 Å². The maximum atomic E-state index is 13.0. The number of aromatic nitrogens is 3. The molecule has 0 spiro atoms. The smallest absolute Gasteiger partial charge is 0.360 e. The number of anilines is 2. The molecule has 7 nitrogen and oxygen atoms in total. The van der Waals surface area contributed by atoms with Gasteiger partial charge in [0.2, 0.25) is 5.91 Å². The number of carbonyl (C=O) groups excluding carboxylic acids is 1. The zero-order chi connectivity index (χ0) is 21.2. The molecule has 0 saturated heterocycles. The number of benzene rings is 1. The van der Waals surface area contributed by atoms with E-state index in [0.29, 0.717) is 11.2 Å². The van der Waals surface area contributed by atoms with Crippen molar-refractivity contribution in [3.63, 3.8) is 0 Å². The largest absolute Gasteiger partial charge is 0.433 e. The van der Waals surface area contributed by atoms with Gasteiger partial charge in [0.05, 0.1) is 17.6 Å². The van der Waals surface area contributed by atoms with Crippen LogP contribution in [0.4, 0.5) is 24.7 Å². The molecular weight excluding hydrogens is 385 g/mol. The summed E-state index contributed by atoms with van der Waals surface area (Å²) in [6, 6.07) is 7.77. The lowest BCUT2D eigenvalue weighted by molar-refractivity contribution is -0.141. The van der Waals surface area contributed by atoms with Crippen molar-refractivity contribution in [3.05, 3.63) is 53.6 Å². The van der Waals surface area contributed by atoms with E-state index in [1.165, 1.54) is 25.2 Å². The lowest BCUT2D eigenvalue weighted by atomic mass is 10.1. The van der Waals surface area contributed by atoms with E-state index in [0.717, 1.165) is 11.5 Å². The first-order valence-electron chi connectivity index (χ1n) is 8.40. The standard InChI is InChI=1S/C19H15F3N6O/c1-11-5-16(19(20,21)22)27-18(14(11)7-23)25-9-17(29)28(2)13-3-4-15-12(6-13)8-24-10-26-15/h3-6,8,10H,9H2,1-2H3,(H,25,27). The Morgan fingerprint density at radius 3 is 2.76 bits per heavy atom. The van der Waals surface area contributed by atoms with Gasteiger partial charge in [-0.05, 0) is 36.8 Å². The van der Waals surface area contributed by atoms with Crippen molar-refractivity contribution in [1.29, 1.82) is 5.26 Å². The minimum atomic E-state index is -4.66. The molecule has 1 N–H and O–H groups in total. The molecule has 1 amide bonds. The minimum Gasteiger partial charge on any atom is -0.360 e. The molecule has 0 aliphatic heterocycles. The number of likely N-dealkylation sites (N-methyl/N-ethyl adjacent to an activating group) is 1. The number of pyridine rings is 1. The predicted molar refractivity (Wildman–Crippen MR) is 100 cm³/mol. The van der Waals surface area contributed by atoms with Gasteiger partial charge in [-0.2, -0.15) is 18.4 Å². The molecule has 148 valence electrons. The molecule has 0 bridgehead atoms. The van der Waals surface area contributed by atoms with Gasteiger partial charge in [-0.3, -0.25) is 4.79 Å². The monoisotopic (exact) mass is 400 g/mol. The van der Waals surface area contributed by atoms with Gasteiger partial charge in [0.15, 0.2) is 0 Å². The number of carbonyl (C=O) groups is 1. The average molecular weight is 400 g/mol. The molecular formula is C19H15F3N6O. The fraction of sp³-hybridized carbons (Fsp3) is 0.211. The van der Waals surface area contributed by atoms with Gasteiger partial charge in [0.1, 0.15) is 23.9 Å². The van der Waals surface area contributed by atoms with E-state index in [1.807, 2.05) is 6.07 Å². The molecule has 2 aromatic heterocycles. The van der Waals surface area contributed by atoms with Crippen LogP contribution in [0.15, 0.2) is 36.8 Å². The van der Waals surface area contributed by atoms with Crippen LogP contribution in [-0.4, -0.2) is 34.5 Å². The van der Waals surface area contributed by atoms with Crippen LogP contribution in [0.1, 0.15) is 16.8 Å². The number of nitrogens with zero attached hydrogens (tertiary/aromatic N) is 5. The normalized spacial score (nSPS) is 11.2. The minimum absolute atomic E-state index is 0.0451. The van der Waals surface area contributed by atoms with E-state index >= 15 is 0 Å². The number of alkyl halides is 3. The van der Waals surface area contributed by atoms with Gasteiger partial charge in [-0.15, -0.1) is 0 Å². The van der Waals surface area contributed by atoms with Crippen LogP contribution in [0.3, 0.4) is 0 Å². The first kappa shape index (κ1) is 20.0. The Balaban J connectivity index is 1.80. The van der Waals surface area contributed by atoms with Crippen molar-refractivity contribution in [2.45, 2.75) is 13.1 Å². The van der Waals surface area contributed by atoms with Crippen LogP contribution < -0.4 is 10.2 Å². The number of fused-ring (bicyclic) bond motifs is 1. The highest BCUT2D eigenvalue weighted by atomic mass is 19.4. The van der Waals surface area contributed by atoms with E-state index in [9.17, 15) is 23.2 Å². The molecule has 2 heterocycles. The molecule has 3 aromatic rings. The topological polar surface area (TPSA) is 94.8 Å². The third-order valence-corrected chi connectivity index (χ3v) is 4.28. The van der Waals surface area contributed by atoms with Crippen LogP contribution in [0.25, 0.3) is 10.9 Å². The molecule has 0 unspecified atom stereocenters. The third kappa shape index (κ3) is 4.24.